The smallest absolute Gasteiger partial charge is 0.414 e. The highest BCUT2D eigenvalue weighted by atomic mass is 32.2. The van der Waals surface area contributed by atoms with Gasteiger partial charge in [-0.3, -0.25) is 24.1 Å². The fraction of sp³-hybridized carbons (Fsp3) is 0.467. The third-order valence-electron chi connectivity index (χ3n) is 4.26. The van der Waals surface area contributed by atoms with Crippen LogP contribution in [0.15, 0.2) is 18.2 Å². The van der Waals surface area contributed by atoms with Crippen molar-refractivity contribution in [2.24, 2.45) is 0 Å². The number of fused-ring (bicyclic) bond motifs is 1. The Morgan fingerprint density at radius 1 is 1.44 bits per heavy atom. The van der Waals surface area contributed by atoms with Gasteiger partial charge < -0.3 is 10.1 Å². The molecule has 0 unspecified atom stereocenters. The maximum Gasteiger partial charge on any atom is 0.414 e. The SMILES string of the molecule is CC(=O)NC[C@H]1CN(c2ccc3c(c2)CS(=O)(=O)N3CC[N+](=O)[O-])C(=O)O1. The minimum Gasteiger partial charge on any atom is -0.442 e. The third kappa shape index (κ3) is 3.94. The van der Waals surface area contributed by atoms with Crippen molar-refractivity contribution in [1.82, 2.24) is 5.32 Å². The number of carbonyl (C=O) groups is 2. The average molecular weight is 398 g/mol. The van der Waals surface area contributed by atoms with Crippen LogP contribution in [0.1, 0.15) is 12.5 Å². The zero-order valence-corrected chi connectivity index (χ0v) is 15.3. The lowest BCUT2D eigenvalue weighted by molar-refractivity contribution is -0.476. The summed E-state index contributed by atoms with van der Waals surface area (Å²) in [7, 11) is -3.68. The van der Waals surface area contributed by atoms with Gasteiger partial charge in [0, 0.05) is 17.5 Å². The minimum atomic E-state index is -3.68. The number of benzene rings is 1. The molecule has 1 atom stereocenters. The number of nitrogens with one attached hydrogen (secondary N) is 1. The largest absolute Gasteiger partial charge is 0.442 e. The lowest BCUT2D eigenvalue weighted by atomic mass is 10.1. The summed E-state index contributed by atoms with van der Waals surface area (Å²) in [6.45, 7) is 1.03. The fourth-order valence-electron chi connectivity index (χ4n) is 3.05. The first kappa shape index (κ1) is 18.9. The number of carbonyl (C=O) groups excluding carboxylic acids is 2. The molecular formula is C15H18N4O7S. The predicted molar refractivity (Wildman–Crippen MR) is 94.6 cm³/mol. The normalized spacial score (nSPS) is 20.3. The van der Waals surface area contributed by atoms with Gasteiger partial charge in [-0.2, -0.15) is 0 Å². The second-order valence-electron chi connectivity index (χ2n) is 6.25. The van der Waals surface area contributed by atoms with Crippen LogP contribution in [-0.2, 0) is 25.3 Å². The van der Waals surface area contributed by atoms with Crippen molar-refractivity contribution in [3.63, 3.8) is 0 Å². The second kappa shape index (κ2) is 7.02. The molecule has 0 aromatic heterocycles. The first-order valence-electron chi connectivity index (χ1n) is 8.15. The summed E-state index contributed by atoms with van der Waals surface area (Å²) in [5.74, 6) is -0.520. The van der Waals surface area contributed by atoms with Gasteiger partial charge in [-0.25, -0.2) is 13.2 Å². The number of nitrogens with zero attached hydrogens (tertiary/aromatic N) is 3. The van der Waals surface area contributed by atoms with Crippen molar-refractivity contribution < 1.29 is 27.7 Å². The van der Waals surface area contributed by atoms with Crippen LogP contribution in [0.25, 0.3) is 0 Å². The van der Waals surface area contributed by atoms with E-state index < -0.39 is 33.7 Å². The highest BCUT2D eigenvalue weighted by molar-refractivity contribution is 7.92. The van der Waals surface area contributed by atoms with Crippen molar-refractivity contribution in [2.45, 2.75) is 18.8 Å². The van der Waals surface area contributed by atoms with Crippen molar-refractivity contribution in [1.29, 1.82) is 0 Å². The van der Waals surface area contributed by atoms with E-state index in [9.17, 15) is 28.1 Å². The maximum atomic E-state index is 12.3. The molecule has 12 heteroatoms. The predicted octanol–water partition coefficient (Wildman–Crippen LogP) is 0.0744. The number of hydrogen-bond acceptors (Lipinski definition) is 7. The zero-order valence-electron chi connectivity index (χ0n) is 14.5. The van der Waals surface area contributed by atoms with Gasteiger partial charge in [-0.05, 0) is 23.8 Å². The van der Waals surface area contributed by atoms with E-state index in [0.29, 0.717) is 16.9 Å². The summed E-state index contributed by atoms with van der Waals surface area (Å²) in [5.41, 5.74) is 1.31. The van der Waals surface area contributed by atoms with Gasteiger partial charge in [0.2, 0.25) is 22.5 Å². The minimum absolute atomic E-state index is 0.186. The monoisotopic (exact) mass is 398 g/mol. The zero-order chi connectivity index (χ0) is 19.8. The van der Waals surface area contributed by atoms with E-state index in [4.69, 9.17) is 4.74 Å². The van der Waals surface area contributed by atoms with Crippen LogP contribution in [0.2, 0.25) is 0 Å². The van der Waals surface area contributed by atoms with E-state index >= 15 is 0 Å². The van der Waals surface area contributed by atoms with Gasteiger partial charge in [0.1, 0.15) is 6.10 Å². The van der Waals surface area contributed by atoms with Crippen LogP contribution in [0, 0.1) is 10.1 Å². The summed E-state index contributed by atoms with van der Waals surface area (Å²) in [4.78, 5) is 34.4. The first-order chi connectivity index (χ1) is 12.7. The first-order valence-corrected chi connectivity index (χ1v) is 9.76. The van der Waals surface area contributed by atoms with Gasteiger partial charge in [0.25, 0.3) is 0 Å². The molecule has 0 aliphatic carbocycles. The Hall–Kier alpha value is -2.89. The van der Waals surface area contributed by atoms with E-state index in [1.54, 1.807) is 12.1 Å². The molecule has 1 fully saturated rings. The number of nitro groups is 1. The molecule has 11 nitrogen and oxygen atoms in total. The Morgan fingerprint density at radius 3 is 2.85 bits per heavy atom. The molecule has 2 aliphatic heterocycles. The molecule has 2 aliphatic rings. The maximum absolute atomic E-state index is 12.3. The van der Waals surface area contributed by atoms with E-state index in [1.165, 1.54) is 17.9 Å². The Morgan fingerprint density at radius 2 is 2.19 bits per heavy atom. The van der Waals surface area contributed by atoms with Gasteiger partial charge in [-0.1, -0.05) is 0 Å². The summed E-state index contributed by atoms with van der Waals surface area (Å²) in [6, 6.07) is 4.67. The van der Waals surface area contributed by atoms with Crippen LogP contribution in [0.4, 0.5) is 16.2 Å². The van der Waals surface area contributed by atoms with Crippen molar-refractivity contribution in [3.8, 4) is 0 Å². The van der Waals surface area contributed by atoms with Gasteiger partial charge in [0.05, 0.1) is 31.1 Å². The van der Waals surface area contributed by atoms with Crippen LogP contribution < -0.4 is 14.5 Å². The fourth-order valence-corrected chi connectivity index (χ4v) is 4.67. The van der Waals surface area contributed by atoms with E-state index in [2.05, 4.69) is 5.32 Å². The van der Waals surface area contributed by atoms with Gasteiger partial charge in [-0.15, -0.1) is 0 Å². The number of rotatable bonds is 6. The molecule has 3 rings (SSSR count). The van der Waals surface area contributed by atoms with Crippen molar-refractivity contribution in [3.05, 3.63) is 33.9 Å². The lowest BCUT2D eigenvalue weighted by Gasteiger charge is -2.17. The number of hydrogen-bond donors (Lipinski definition) is 1. The van der Waals surface area contributed by atoms with E-state index in [1.807, 2.05) is 0 Å². The van der Waals surface area contributed by atoms with Crippen LogP contribution >= 0.6 is 0 Å². The van der Waals surface area contributed by atoms with Gasteiger partial charge in [0.15, 0.2) is 0 Å². The molecule has 146 valence electrons. The van der Waals surface area contributed by atoms with Crippen molar-refractivity contribution in [2.75, 3.05) is 35.4 Å². The number of ether oxygens (including phenoxy) is 1. The molecule has 1 saturated heterocycles. The third-order valence-corrected chi connectivity index (χ3v) is 5.98. The molecule has 27 heavy (non-hydrogen) atoms. The molecule has 2 amide bonds. The Balaban J connectivity index is 1.78. The van der Waals surface area contributed by atoms with E-state index in [-0.39, 0.29) is 31.3 Å². The Kier molecular flexibility index (Phi) is 4.91. The quantitative estimate of drug-likeness (QED) is 0.528. The molecule has 2 heterocycles. The number of sulfonamides is 1. The summed E-state index contributed by atoms with van der Waals surface area (Å²) in [5, 5.41) is 13.1. The molecule has 1 aromatic rings. The van der Waals surface area contributed by atoms with Crippen molar-refractivity contribution >= 4 is 33.4 Å². The molecule has 0 bridgehead atoms. The molecular weight excluding hydrogens is 380 g/mol. The lowest BCUT2D eigenvalue weighted by Crippen LogP contribution is -2.33. The van der Waals surface area contributed by atoms with Gasteiger partial charge >= 0.3 is 6.09 Å². The van der Waals surface area contributed by atoms with Crippen LogP contribution in [-0.4, -0.2) is 57.6 Å². The number of anilines is 2. The highest BCUT2D eigenvalue weighted by Crippen LogP contribution is 2.36. The molecule has 0 saturated carbocycles. The standard InChI is InChI=1S/C15H18N4O7S/c1-10(20)16-7-13-8-17(15(21)26-13)12-2-3-14-11(6-12)9-27(24,25)18(14)4-5-19(22)23/h2-3,6,13H,4-5,7-9H2,1H3,(H,16,20)/t13-/m0/s1. The second-order valence-corrected chi connectivity index (χ2v) is 8.14. The summed E-state index contributed by atoms with van der Waals surface area (Å²) < 4.78 is 30.8. The van der Waals surface area contributed by atoms with Crippen LogP contribution in [0.3, 0.4) is 0 Å². The summed E-state index contributed by atoms with van der Waals surface area (Å²) >= 11 is 0. The molecule has 1 N–H and O–H groups in total. The van der Waals surface area contributed by atoms with E-state index in [0.717, 1.165) is 4.31 Å². The molecule has 0 radical (unpaired) electrons. The Labute approximate surface area is 155 Å². The highest BCUT2D eigenvalue weighted by Gasteiger charge is 2.36. The average Bonchev–Trinajstić information content (AvgIpc) is 3.05. The molecule has 0 spiro atoms. The summed E-state index contributed by atoms with van der Waals surface area (Å²) in [6.07, 6.45) is -1.09. The number of amides is 2. The molecule has 1 aromatic carbocycles. The van der Waals surface area contributed by atoms with Crippen LogP contribution in [0.5, 0.6) is 0 Å². The topological polar surface area (TPSA) is 139 Å². The number of cyclic esters (lactones) is 1. The Bertz CT molecular complexity index is 901.